The van der Waals surface area contributed by atoms with Crippen molar-refractivity contribution in [1.29, 1.82) is 5.26 Å². The summed E-state index contributed by atoms with van der Waals surface area (Å²) in [5.74, 6) is -4.09. The molecule has 6 N–H and O–H groups in total. The molecule has 43 heavy (non-hydrogen) atoms. The summed E-state index contributed by atoms with van der Waals surface area (Å²) in [6, 6.07) is 12.3. The van der Waals surface area contributed by atoms with Crippen LogP contribution in [0.25, 0.3) is 10.9 Å². The molecule has 0 spiro atoms. The molecule has 0 atom stereocenters. The first kappa shape index (κ1) is 30.9. The number of carbonyl (C=O) groups is 3. The molecule has 1 fully saturated rings. The van der Waals surface area contributed by atoms with Gasteiger partial charge >= 0.3 is 17.9 Å². The van der Waals surface area contributed by atoms with Crippen molar-refractivity contribution in [3.8, 4) is 6.07 Å². The van der Waals surface area contributed by atoms with Gasteiger partial charge in [-0.15, -0.1) is 0 Å². The van der Waals surface area contributed by atoms with E-state index in [0.29, 0.717) is 5.56 Å². The number of aromatic amines is 1. The standard InChI is InChI=1S/C23H24N6O.C6H8O7/c24-13-17-4-6-21(26-14-17)29-10-8-28(9-11-29)15-16-3-5-18-20(12-16)27-23(30)19-2-1-7-25-22(18)19;7-3(8)1-6(13,5(11)12)2-4(9)10/h3-6,12,14,25H,1-2,7-11,15H2,(H,27,30);13H,1-2H2,(H,7,8)(H,9,10)(H,11,12). The minimum absolute atomic E-state index is 0.0328. The fourth-order valence-electron chi connectivity index (χ4n) is 5.15. The average Bonchev–Trinajstić information content (AvgIpc) is 2.97. The van der Waals surface area contributed by atoms with E-state index in [4.69, 9.17) is 25.7 Å². The van der Waals surface area contributed by atoms with Gasteiger partial charge in [-0.05, 0) is 36.6 Å². The lowest BCUT2D eigenvalue weighted by atomic mass is 9.96. The Morgan fingerprint density at radius 1 is 1.02 bits per heavy atom. The fourth-order valence-corrected chi connectivity index (χ4v) is 5.15. The first-order valence-electron chi connectivity index (χ1n) is 13.6. The Morgan fingerprint density at radius 3 is 2.30 bits per heavy atom. The molecule has 2 aliphatic rings. The van der Waals surface area contributed by atoms with Crippen LogP contribution in [0, 0.1) is 11.3 Å². The number of piperazine rings is 1. The molecule has 1 saturated heterocycles. The van der Waals surface area contributed by atoms with E-state index in [2.05, 4.69) is 49.4 Å². The minimum atomic E-state index is -2.74. The van der Waals surface area contributed by atoms with Gasteiger partial charge < -0.3 is 35.6 Å². The molecule has 14 nitrogen and oxygen atoms in total. The zero-order valence-electron chi connectivity index (χ0n) is 23.2. The highest BCUT2D eigenvalue weighted by molar-refractivity contribution is 5.93. The Kier molecular flexibility index (Phi) is 9.59. The van der Waals surface area contributed by atoms with E-state index in [1.54, 1.807) is 6.20 Å². The third kappa shape index (κ3) is 7.64. The number of rotatable bonds is 8. The summed E-state index contributed by atoms with van der Waals surface area (Å²) in [7, 11) is 0. The van der Waals surface area contributed by atoms with Crippen molar-refractivity contribution >= 4 is 40.3 Å². The van der Waals surface area contributed by atoms with E-state index in [0.717, 1.165) is 80.1 Å². The highest BCUT2D eigenvalue weighted by Gasteiger charge is 2.40. The molecule has 4 heterocycles. The number of nitrogens with zero attached hydrogens (tertiary/aromatic N) is 4. The number of aliphatic hydroxyl groups is 1. The van der Waals surface area contributed by atoms with Crippen LogP contribution in [0.1, 0.15) is 36.0 Å². The lowest BCUT2D eigenvalue weighted by Gasteiger charge is -2.35. The first-order chi connectivity index (χ1) is 20.5. The number of anilines is 2. The number of hydrogen-bond acceptors (Lipinski definition) is 10. The highest BCUT2D eigenvalue weighted by atomic mass is 16.4. The second-order valence-electron chi connectivity index (χ2n) is 10.5. The van der Waals surface area contributed by atoms with Crippen LogP contribution in [0.5, 0.6) is 0 Å². The molecule has 1 aromatic carbocycles. The topological polar surface area (TPSA) is 220 Å². The molecular formula is C29H32N6O8. The highest BCUT2D eigenvalue weighted by Crippen LogP contribution is 2.28. The quantitative estimate of drug-likeness (QED) is 0.217. The fraction of sp³-hybridized carbons (Fsp3) is 0.379. The van der Waals surface area contributed by atoms with Crippen molar-refractivity contribution in [2.45, 2.75) is 37.8 Å². The maximum Gasteiger partial charge on any atom is 0.336 e. The van der Waals surface area contributed by atoms with Gasteiger partial charge in [0.25, 0.3) is 5.56 Å². The number of aromatic nitrogens is 2. The normalized spacial score (nSPS) is 14.9. The molecule has 2 aromatic heterocycles. The van der Waals surface area contributed by atoms with Crippen molar-refractivity contribution in [3.05, 3.63) is 63.6 Å². The average molecular weight is 593 g/mol. The number of pyridine rings is 2. The molecule has 3 aromatic rings. The van der Waals surface area contributed by atoms with Gasteiger partial charge in [-0.3, -0.25) is 19.3 Å². The Morgan fingerprint density at radius 2 is 1.72 bits per heavy atom. The number of benzene rings is 1. The van der Waals surface area contributed by atoms with Crippen LogP contribution in [0.3, 0.4) is 0 Å². The minimum Gasteiger partial charge on any atom is -0.481 e. The number of aliphatic carboxylic acids is 3. The molecule has 0 amide bonds. The second kappa shape index (κ2) is 13.3. The van der Waals surface area contributed by atoms with Crippen LogP contribution in [0.4, 0.5) is 11.5 Å². The first-order valence-corrected chi connectivity index (χ1v) is 13.6. The number of nitriles is 1. The molecule has 2 aliphatic heterocycles. The summed E-state index contributed by atoms with van der Waals surface area (Å²) in [6.07, 6.45) is 1.19. The summed E-state index contributed by atoms with van der Waals surface area (Å²) in [5, 5.41) is 47.2. The maximum absolute atomic E-state index is 12.5. The van der Waals surface area contributed by atoms with E-state index >= 15 is 0 Å². The van der Waals surface area contributed by atoms with Gasteiger partial charge in [-0.1, -0.05) is 12.1 Å². The van der Waals surface area contributed by atoms with Crippen molar-refractivity contribution in [1.82, 2.24) is 14.9 Å². The van der Waals surface area contributed by atoms with Crippen molar-refractivity contribution < 1.29 is 34.8 Å². The maximum atomic E-state index is 12.5. The van der Waals surface area contributed by atoms with Gasteiger partial charge in [0.2, 0.25) is 0 Å². The monoisotopic (exact) mass is 592 g/mol. The third-order valence-corrected chi connectivity index (χ3v) is 7.35. The molecule has 0 bridgehead atoms. The van der Waals surface area contributed by atoms with Gasteiger partial charge in [-0.25, -0.2) is 9.78 Å². The molecule has 0 radical (unpaired) electrons. The van der Waals surface area contributed by atoms with Crippen LogP contribution < -0.4 is 15.8 Å². The van der Waals surface area contributed by atoms with E-state index in [1.165, 1.54) is 5.56 Å². The lowest BCUT2D eigenvalue weighted by Crippen LogP contribution is -2.46. The molecule has 14 heteroatoms. The zero-order chi connectivity index (χ0) is 31.1. The van der Waals surface area contributed by atoms with Crippen LogP contribution in [-0.4, -0.2) is 91.5 Å². The van der Waals surface area contributed by atoms with E-state index < -0.39 is 36.4 Å². The van der Waals surface area contributed by atoms with Crippen molar-refractivity contribution in [2.75, 3.05) is 42.9 Å². The predicted octanol–water partition coefficient (Wildman–Crippen LogP) is 1.23. The van der Waals surface area contributed by atoms with Crippen LogP contribution in [0.15, 0.2) is 41.3 Å². The van der Waals surface area contributed by atoms with Gasteiger partial charge in [0.05, 0.1) is 29.6 Å². The van der Waals surface area contributed by atoms with Crippen LogP contribution >= 0.6 is 0 Å². The van der Waals surface area contributed by atoms with Crippen LogP contribution in [-0.2, 0) is 27.3 Å². The zero-order valence-corrected chi connectivity index (χ0v) is 23.2. The lowest BCUT2D eigenvalue weighted by molar-refractivity contribution is -0.170. The van der Waals surface area contributed by atoms with Crippen LogP contribution in [0.2, 0.25) is 0 Å². The van der Waals surface area contributed by atoms with E-state index in [9.17, 15) is 19.2 Å². The van der Waals surface area contributed by atoms with Gasteiger partial charge in [0, 0.05) is 56.4 Å². The molecule has 0 unspecified atom stereocenters. The number of carboxylic acid groups (broad SMARTS) is 3. The molecule has 0 saturated carbocycles. The summed E-state index contributed by atoms with van der Waals surface area (Å²) < 4.78 is 0. The van der Waals surface area contributed by atoms with E-state index in [-0.39, 0.29) is 5.56 Å². The summed E-state index contributed by atoms with van der Waals surface area (Å²) in [4.78, 5) is 55.1. The SMILES string of the molecule is N#Cc1ccc(N2CCN(Cc3ccc4c5c(c(=O)[nH]c4c3)CCCN5)CC2)nc1.O=C(O)CC(O)(CC(=O)O)C(=O)O. The number of nitrogens with one attached hydrogen (secondary N) is 2. The predicted molar refractivity (Wildman–Crippen MR) is 155 cm³/mol. The Labute approximate surface area is 245 Å². The Hall–Kier alpha value is -5.00. The largest absolute Gasteiger partial charge is 0.481 e. The molecule has 5 rings (SSSR count). The second-order valence-corrected chi connectivity index (χ2v) is 10.5. The van der Waals surface area contributed by atoms with Gasteiger partial charge in [0.1, 0.15) is 11.9 Å². The molecular weight excluding hydrogens is 560 g/mol. The van der Waals surface area contributed by atoms with Gasteiger partial charge in [-0.2, -0.15) is 5.26 Å². The third-order valence-electron chi connectivity index (χ3n) is 7.35. The Balaban J connectivity index is 0.000000277. The summed E-state index contributed by atoms with van der Waals surface area (Å²) >= 11 is 0. The van der Waals surface area contributed by atoms with Crippen molar-refractivity contribution in [2.24, 2.45) is 0 Å². The molecule has 0 aliphatic carbocycles. The Bertz CT molecular complexity index is 1590. The van der Waals surface area contributed by atoms with Crippen molar-refractivity contribution in [3.63, 3.8) is 0 Å². The van der Waals surface area contributed by atoms with E-state index in [1.807, 2.05) is 12.1 Å². The number of carboxylic acids is 3. The van der Waals surface area contributed by atoms with Gasteiger partial charge in [0.15, 0.2) is 5.60 Å². The summed E-state index contributed by atoms with van der Waals surface area (Å²) in [6.45, 7) is 5.48. The number of fused-ring (bicyclic) bond motifs is 3. The number of hydrogen-bond donors (Lipinski definition) is 6. The summed E-state index contributed by atoms with van der Waals surface area (Å²) in [5.41, 5.74) is 1.89. The number of H-pyrrole nitrogens is 1. The molecule has 226 valence electrons. The smallest absolute Gasteiger partial charge is 0.336 e.